The van der Waals surface area contributed by atoms with E-state index in [1.807, 2.05) is 46.8 Å². The van der Waals surface area contributed by atoms with Gasteiger partial charge in [0, 0.05) is 17.9 Å². The molecule has 3 unspecified atom stereocenters. The molecule has 156 valence electrons. The summed E-state index contributed by atoms with van der Waals surface area (Å²) in [7, 11) is 1.51. The van der Waals surface area contributed by atoms with Gasteiger partial charge in [0.25, 0.3) is 5.91 Å². The van der Waals surface area contributed by atoms with Gasteiger partial charge in [0.1, 0.15) is 5.76 Å². The highest BCUT2D eigenvalue weighted by molar-refractivity contribution is 6.04. The summed E-state index contributed by atoms with van der Waals surface area (Å²) < 4.78 is 5.18. The molecule has 28 heavy (non-hydrogen) atoms. The molecule has 1 rings (SSSR count). The van der Waals surface area contributed by atoms with Gasteiger partial charge in [-0.1, -0.05) is 38.5 Å². The molecule has 5 heteroatoms. The van der Waals surface area contributed by atoms with Gasteiger partial charge in [-0.15, -0.1) is 0 Å². The fraction of sp³-hybridized carbons (Fsp3) is 0.609. The number of allylic oxidation sites excluding steroid dienone is 4. The van der Waals surface area contributed by atoms with Crippen LogP contribution in [0.5, 0.6) is 0 Å². The lowest BCUT2D eigenvalue weighted by Crippen LogP contribution is -2.42. The largest absolute Gasteiger partial charge is 0.499 e. The summed E-state index contributed by atoms with van der Waals surface area (Å²) in [5.41, 5.74) is 1.92. The fourth-order valence-electron chi connectivity index (χ4n) is 3.81. The topological polar surface area (TPSA) is 63.7 Å². The van der Waals surface area contributed by atoms with Crippen molar-refractivity contribution in [2.75, 3.05) is 7.11 Å². The molecule has 0 bridgehead atoms. The van der Waals surface area contributed by atoms with Crippen molar-refractivity contribution in [1.29, 1.82) is 0 Å². The van der Waals surface area contributed by atoms with Crippen molar-refractivity contribution in [3.05, 3.63) is 35.1 Å². The number of nitrogens with zero attached hydrogens (tertiary/aromatic N) is 1. The Morgan fingerprint density at radius 1 is 1.25 bits per heavy atom. The smallest absolute Gasteiger partial charge is 0.257 e. The highest BCUT2D eigenvalue weighted by atomic mass is 16.5. The molecular weight excluding hydrogens is 354 g/mol. The lowest BCUT2D eigenvalue weighted by molar-refractivity contribution is -0.145. The predicted octanol–water partition coefficient (Wildman–Crippen LogP) is 4.44. The Kier molecular flexibility index (Phi) is 8.86. The van der Waals surface area contributed by atoms with Gasteiger partial charge >= 0.3 is 0 Å². The molecule has 5 nitrogen and oxygen atoms in total. The molecule has 2 amide bonds. The van der Waals surface area contributed by atoms with Crippen molar-refractivity contribution in [3.63, 3.8) is 0 Å². The third-order valence-electron chi connectivity index (χ3n) is 5.39. The van der Waals surface area contributed by atoms with E-state index in [2.05, 4.69) is 6.92 Å². The normalized spacial score (nSPS) is 21.3. The van der Waals surface area contributed by atoms with Crippen LogP contribution in [0.4, 0.5) is 0 Å². The van der Waals surface area contributed by atoms with Crippen molar-refractivity contribution in [3.8, 4) is 0 Å². The summed E-state index contributed by atoms with van der Waals surface area (Å²) >= 11 is 0. The molecule has 0 radical (unpaired) electrons. The monoisotopic (exact) mass is 389 g/mol. The first kappa shape index (κ1) is 23.9. The Morgan fingerprint density at radius 2 is 1.86 bits per heavy atom. The molecule has 0 aromatic rings. The number of imide groups is 1. The lowest BCUT2D eigenvalue weighted by Gasteiger charge is -2.26. The van der Waals surface area contributed by atoms with Gasteiger partial charge in [-0.05, 0) is 52.0 Å². The Labute approximate surface area is 169 Å². The predicted molar refractivity (Wildman–Crippen MR) is 111 cm³/mol. The van der Waals surface area contributed by atoms with Crippen molar-refractivity contribution in [2.45, 2.75) is 67.3 Å². The van der Waals surface area contributed by atoms with Crippen LogP contribution in [0.25, 0.3) is 0 Å². The summed E-state index contributed by atoms with van der Waals surface area (Å²) in [5.74, 6) is 0.0435. The molecule has 0 aromatic carbocycles. The Bertz CT molecular complexity index is 701. The SMILES string of the molecule is C/C=C(\C)C(=O)C(C)/C=C(\C)CC(C)CC(C)C(=O)N1C(=O)C=C(OC)[C@@H]1C. The third-order valence-corrected chi connectivity index (χ3v) is 5.39. The zero-order chi connectivity index (χ0) is 21.6. The first-order valence-corrected chi connectivity index (χ1v) is 10.00. The molecule has 0 saturated heterocycles. The van der Waals surface area contributed by atoms with Crippen molar-refractivity contribution in [1.82, 2.24) is 4.90 Å². The number of carbonyl (C=O) groups excluding carboxylic acids is 3. The quantitative estimate of drug-likeness (QED) is 0.432. The summed E-state index contributed by atoms with van der Waals surface area (Å²) in [4.78, 5) is 38.4. The van der Waals surface area contributed by atoms with Gasteiger partial charge in [-0.3, -0.25) is 19.3 Å². The van der Waals surface area contributed by atoms with Crippen LogP contribution in [0, 0.1) is 17.8 Å². The van der Waals surface area contributed by atoms with Gasteiger partial charge < -0.3 is 4.74 Å². The molecule has 0 aromatic heterocycles. The van der Waals surface area contributed by atoms with Gasteiger partial charge in [0.15, 0.2) is 5.78 Å². The molecule has 0 saturated carbocycles. The zero-order valence-corrected chi connectivity index (χ0v) is 18.5. The number of rotatable bonds is 9. The molecule has 1 heterocycles. The van der Waals surface area contributed by atoms with Crippen LogP contribution in [0.15, 0.2) is 35.1 Å². The zero-order valence-electron chi connectivity index (χ0n) is 18.5. The number of hydrogen-bond acceptors (Lipinski definition) is 4. The summed E-state index contributed by atoms with van der Waals surface area (Å²) in [5, 5.41) is 0. The Balaban J connectivity index is 2.66. The van der Waals surface area contributed by atoms with Crippen molar-refractivity contribution >= 4 is 17.6 Å². The first-order valence-electron chi connectivity index (χ1n) is 10.00. The van der Waals surface area contributed by atoms with E-state index in [0.29, 0.717) is 12.2 Å². The average molecular weight is 390 g/mol. The molecule has 1 aliphatic heterocycles. The third kappa shape index (κ3) is 5.91. The maximum atomic E-state index is 12.8. The molecule has 1 aliphatic rings. The van der Waals surface area contributed by atoms with E-state index in [9.17, 15) is 14.4 Å². The minimum Gasteiger partial charge on any atom is -0.499 e. The van der Waals surface area contributed by atoms with Crippen LogP contribution < -0.4 is 0 Å². The van der Waals surface area contributed by atoms with E-state index in [0.717, 1.165) is 17.6 Å². The van der Waals surface area contributed by atoms with E-state index >= 15 is 0 Å². The first-order chi connectivity index (χ1) is 13.0. The number of Topliss-reactive ketones (excluding diaryl/α,β-unsaturated/α-hetero) is 1. The van der Waals surface area contributed by atoms with Crippen LogP contribution in [-0.2, 0) is 19.1 Å². The van der Waals surface area contributed by atoms with Gasteiger partial charge in [0.2, 0.25) is 5.91 Å². The van der Waals surface area contributed by atoms with Gasteiger partial charge in [0.05, 0.1) is 13.2 Å². The number of ether oxygens (including phenoxy) is 1. The Morgan fingerprint density at radius 3 is 2.36 bits per heavy atom. The summed E-state index contributed by atoms with van der Waals surface area (Å²) in [6.07, 6.45) is 6.73. The molecule has 0 fully saturated rings. The second-order valence-corrected chi connectivity index (χ2v) is 8.06. The van der Waals surface area contributed by atoms with Gasteiger partial charge in [-0.2, -0.15) is 0 Å². The van der Waals surface area contributed by atoms with Gasteiger partial charge in [-0.25, -0.2) is 0 Å². The Hall–Kier alpha value is -2.17. The van der Waals surface area contributed by atoms with E-state index in [1.54, 1.807) is 6.92 Å². The van der Waals surface area contributed by atoms with E-state index < -0.39 is 0 Å². The molecule has 4 atom stereocenters. The molecule has 0 N–H and O–H groups in total. The minimum absolute atomic E-state index is 0.140. The summed E-state index contributed by atoms with van der Waals surface area (Å²) in [6.45, 7) is 13.4. The van der Waals surface area contributed by atoms with Crippen LogP contribution in [0.3, 0.4) is 0 Å². The maximum Gasteiger partial charge on any atom is 0.257 e. The minimum atomic E-state index is -0.355. The van der Waals surface area contributed by atoms with E-state index in [-0.39, 0.29) is 41.4 Å². The van der Waals surface area contributed by atoms with Crippen LogP contribution >= 0.6 is 0 Å². The second kappa shape index (κ2) is 10.4. The van der Waals surface area contributed by atoms with Crippen LogP contribution in [0.1, 0.15) is 61.3 Å². The highest BCUT2D eigenvalue weighted by Crippen LogP contribution is 2.26. The number of carbonyl (C=O) groups is 3. The van der Waals surface area contributed by atoms with E-state index in [1.165, 1.54) is 18.1 Å². The maximum absolute atomic E-state index is 12.8. The standard InChI is InChI=1S/C23H35NO4/c1-9-16(4)22(26)17(5)11-14(2)10-15(3)12-18(6)23(27)24-19(7)20(28-8)13-21(24)25/h9,11,13,15,17-19H,10,12H2,1-8H3/b14-11+,16-9+/t15?,17?,18?,19-/m0/s1. The molecule has 0 spiro atoms. The second-order valence-electron chi connectivity index (χ2n) is 8.06. The van der Waals surface area contributed by atoms with Crippen LogP contribution in [0.2, 0.25) is 0 Å². The van der Waals surface area contributed by atoms with Crippen LogP contribution in [-0.4, -0.2) is 35.6 Å². The van der Waals surface area contributed by atoms with Crippen molar-refractivity contribution < 1.29 is 19.1 Å². The average Bonchev–Trinajstić information content (AvgIpc) is 2.92. The fourth-order valence-corrected chi connectivity index (χ4v) is 3.81. The highest BCUT2D eigenvalue weighted by Gasteiger charge is 2.37. The summed E-state index contributed by atoms with van der Waals surface area (Å²) in [6, 6.07) is -0.355. The number of ketones is 1. The molecule has 0 aliphatic carbocycles. The number of amides is 2. The van der Waals surface area contributed by atoms with Crippen molar-refractivity contribution in [2.24, 2.45) is 17.8 Å². The lowest BCUT2D eigenvalue weighted by atomic mass is 9.89. The number of methoxy groups -OCH3 is 1. The molecular formula is C23H35NO4. The number of hydrogen-bond donors (Lipinski definition) is 0. The van der Waals surface area contributed by atoms with E-state index in [4.69, 9.17) is 4.74 Å².